The number of carbonyl (C=O) groups is 1. The van der Waals surface area contributed by atoms with E-state index in [1.54, 1.807) is 18.2 Å². The van der Waals surface area contributed by atoms with E-state index in [0.717, 1.165) is 0 Å². The van der Waals surface area contributed by atoms with Crippen molar-refractivity contribution in [2.24, 2.45) is 0 Å². The Morgan fingerprint density at radius 1 is 1.36 bits per heavy atom. The van der Waals surface area contributed by atoms with Gasteiger partial charge in [-0.3, -0.25) is 19.1 Å². The largest absolute Gasteiger partial charge is 0.390 e. The number of amides is 1. The second kappa shape index (κ2) is 8.79. The molecule has 28 heavy (non-hydrogen) atoms. The van der Waals surface area contributed by atoms with E-state index in [2.05, 4.69) is 26.2 Å². The minimum Gasteiger partial charge on any atom is -0.390 e. The molecule has 1 amide bonds. The molecule has 3 atom stereocenters. The van der Waals surface area contributed by atoms with Crippen LogP contribution in [0, 0.1) is 0 Å². The van der Waals surface area contributed by atoms with Gasteiger partial charge < -0.3 is 15.2 Å². The quantitative estimate of drug-likeness (QED) is 0.586. The fraction of sp³-hybridized carbons (Fsp3) is 0.353. The molecule has 11 heteroatoms. The Bertz CT molecular complexity index is 989. The SMILES string of the molecule is O=C(Cc1c(Cl)cccc1Cl)NC[C@H]1O[C@@H](n2cc(Br)c(=O)[nH]c2=O)C[C@@H]1O. The third-order valence-electron chi connectivity index (χ3n) is 4.34. The lowest BCUT2D eigenvalue weighted by molar-refractivity contribution is -0.121. The molecule has 2 aromatic rings. The zero-order chi connectivity index (χ0) is 20.4. The number of halogens is 3. The second-order valence-electron chi connectivity index (χ2n) is 6.26. The number of hydrogen-bond donors (Lipinski definition) is 3. The van der Waals surface area contributed by atoms with Gasteiger partial charge in [0.15, 0.2) is 0 Å². The molecule has 2 heterocycles. The molecule has 1 aromatic heterocycles. The molecule has 0 aliphatic carbocycles. The summed E-state index contributed by atoms with van der Waals surface area (Å²) >= 11 is 15.2. The maximum Gasteiger partial charge on any atom is 0.330 e. The van der Waals surface area contributed by atoms with Crippen LogP contribution in [0.3, 0.4) is 0 Å². The fourth-order valence-electron chi connectivity index (χ4n) is 2.88. The van der Waals surface area contributed by atoms with Crippen LogP contribution >= 0.6 is 39.1 Å². The van der Waals surface area contributed by atoms with Gasteiger partial charge in [-0.2, -0.15) is 0 Å². The number of nitrogens with one attached hydrogen (secondary N) is 2. The minimum absolute atomic E-state index is 0.0168. The summed E-state index contributed by atoms with van der Waals surface area (Å²) in [5, 5.41) is 13.7. The van der Waals surface area contributed by atoms with Gasteiger partial charge in [0.25, 0.3) is 5.56 Å². The number of nitrogens with zero attached hydrogens (tertiary/aromatic N) is 1. The molecular weight excluding hydrogens is 477 g/mol. The number of aliphatic hydroxyl groups is 1. The van der Waals surface area contributed by atoms with Crippen molar-refractivity contribution in [1.29, 1.82) is 0 Å². The molecule has 1 fully saturated rings. The number of ether oxygens (including phenoxy) is 1. The van der Waals surface area contributed by atoms with Gasteiger partial charge in [-0.15, -0.1) is 0 Å². The Morgan fingerprint density at radius 3 is 2.71 bits per heavy atom. The lowest BCUT2D eigenvalue weighted by Crippen LogP contribution is -2.38. The van der Waals surface area contributed by atoms with Crippen LogP contribution in [0.25, 0.3) is 0 Å². The highest BCUT2D eigenvalue weighted by Gasteiger charge is 2.35. The average molecular weight is 493 g/mol. The normalized spacial score (nSPS) is 21.6. The molecular formula is C17H16BrCl2N3O5. The Morgan fingerprint density at radius 2 is 2.04 bits per heavy atom. The lowest BCUT2D eigenvalue weighted by atomic mass is 10.1. The minimum atomic E-state index is -0.896. The highest BCUT2D eigenvalue weighted by Crippen LogP contribution is 2.28. The summed E-state index contributed by atoms with van der Waals surface area (Å²) in [6.45, 7) is 0.0395. The van der Waals surface area contributed by atoms with Gasteiger partial charge in [0, 0.05) is 29.2 Å². The molecule has 150 valence electrons. The van der Waals surface area contributed by atoms with E-state index in [-0.39, 0.29) is 29.8 Å². The fourth-order valence-corrected chi connectivity index (χ4v) is 3.73. The second-order valence-corrected chi connectivity index (χ2v) is 7.93. The van der Waals surface area contributed by atoms with Crippen LogP contribution < -0.4 is 16.6 Å². The Balaban J connectivity index is 1.61. The summed E-state index contributed by atoms with van der Waals surface area (Å²) in [6.07, 6.45) is -0.957. The van der Waals surface area contributed by atoms with Crippen molar-refractivity contribution in [3.63, 3.8) is 0 Å². The van der Waals surface area contributed by atoms with Crippen molar-refractivity contribution in [3.05, 3.63) is 65.3 Å². The maximum atomic E-state index is 12.2. The first kappa shape index (κ1) is 21.1. The van der Waals surface area contributed by atoms with Crippen molar-refractivity contribution in [1.82, 2.24) is 14.9 Å². The Kier molecular flexibility index (Phi) is 6.61. The van der Waals surface area contributed by atoms with Crippen molar-refractivity contribution in [2.45, 2.75) is 31.3 Å². The number of rotatable bonds is 5. The molecule has 3 N–H and O–H groups in total. The molecule has 1 aliphatic heterocycles. The van der Waals surface area contributed by atoms with Crippen molar-refractivity contribution >= 4 is 45.0 Å². The van der Waals surface area contributed by atoms with Gasteiger partial charge in [-0.25, -0.2) is 4.79 Å². The highest BCUT2D eigenvalue weighted by molar-refractivity contribution is 9.10. The molecule has 0 unspecified atom stereocenters. The Hall–Kier alpha value is -1.65. The molecule has 0 bridgehead atoms. The van der Waals surface area contributed by atoms with Crippen molar-refractivity contribution < 1.29 is 14.6 Å². The average Bonchev–Trinajstić information content (AvgIpc) is 3.00. The lowest BCUT2D eigenvalue weighted by Gasteiger charge is -2.17. The predicted molar refractivity (Wildman–Crippen MR) is 107 cm³/mol. The number of carbonyl (C=O) groups excluding carboxylic acids is 1. The summed E-state index contributed by atoms with van der Waals surface area (Å²) < 4.78 is 7.03. The Labute approximate surface area is 177 Å². The molecule has 0 saturated carbocycles. The van der Waals surface area contributed by atoms with Crippen molar-refractivity contribution in [3.8, 4) is 0 Å². The van der Waals surface area contributed by atoms with E-state index in [9.17, 15) is 19.5 Å². The molecule has 1 aromatic carbocycles. The van der Waals surface area contributed by atoms with Gasteiger partial charge >= 0.3 is 5.69 Å². The van der Waals surface area contributed by atoms with Crippen LogP contribution in [0.4, 0.5) is 0 Å². The van der Waals surface area contributed by atoms with Gasteiger partial charge in [0.1, 0.15) is 12.3 Å². The summed E-state index contributed by atoms with van der Waals surface area (Å²) in [5.74, 6) is -0.335. The highest BCUT2D eigenvalue weighted by atomic mass is 79.9. The standard InChI is InChI=1S/C17H16BrCl2N3O5/c18-9-7-23(17(27)22-16(9)26)15-5-12(24)13(28-15)6-21-14(25)4-8-10(19)2-1-3-11(8)20/h1-3,7,12-13,15,24H,4-6H2,(H,21,25)(H,22,26,27)/t12-,13+,15+/m0/s1. The summed E-state index contributed by atoms with van der Waals surface area (Å²) in [6, 6.07) is 4.97. The first-order chi connectivity index (χ1) is 13.3. The summed E-state index contributed by atoms with van der Waals surface area (Å²) in [5.41, 5.74) is -0.691. The smallest absolute Gasteiger partial charge is 0.330 e. The van der Waals surface area contributed by atoms with Crippen LogP contribution in [0.5, 0.6) is 0 Å². The topological polar surface area (TPSA) is 113 Å². The van der Waals surface area contributed by atoms with Crippen LogP contribution in [-0.4, -0.2) is 39.3 Å². The molecule has 0 radical (unpaired) electrons. The molecule has 3 rings (SSSR count). The maximum absolute atomic E-state index is 12.2. The van der Waals surface area contributed by atoms with Gasteiger partial charge in [0.05, 0.1) is 17.0 Å². The summed E-state index contributed by atoms with van der Waals surface area (Å²) in [7, 11) is 0. The molecule has 1 saturated heterocycles. The molecule has 1 aliphatic rings. The van der Waals surface area contributed by atoms with E-state index in [0.29, 0.717) is 15.6 Å². The third-order valence-corrected chi connectivity index (χ3v) is 5.61. The monoisotopic (exact) mass is 491 g/mol. The number of hydrogen-bond acceptors (Lipinski definition) is 5. The van der Waals surface area contributed by atoms with E-state index >= 15 is 0 Å². The van der Waals surface area contributed by atoms with Crippen LogP contribution in [0.15, 0.2) is 38.5 Å². The number of H-pyrrole nitrogens is 1. The van der Waals surface area contributed by atoms with Crippen molar-refractivity contribution in [2.75, 3.05) is 6.54 Å². The van der Waals surface area contributed by atoms with Gasteiger partial charge in [-0.1, -0.05) is 29.3 Å². The number of aromatic nitrogens is 2. The summed E-state index contributed by atoms with van der Waals surface area (Å²) in [4.78, 5) is 37.7. The van der Waals surface area contributed by atoms with Gasteiger partial charge in [-0.05, 0) is 33.6 Å². The van der Waals surface area contributed by atoms with Crippen LogP contribution in [0.2, 0.25) is 10.0 Å². The van der Waals surface area contributed by atoms with E-state index in [1.165, 1.54) is 10.8 Å². The van der Waals surface area contributed by atoms with Crippen LogP contribution in [0.1, 0.15) is 18.2 Å². The zero-order valence-corrected chi connectivity index (χ0v) is 17.4. The third kappa shape index (κ3) is 4.66. The number of aromatic amines is 1. The van der Waals surface area contributed by atoms with E-state index in [1.807, 2.05) is 0 Å². The van der Waals surface area contributed by atoms with E-state index in [4.69, 9.17) is 27.9 Å². The van der Waals surface area contributed by atoms with Crippen LogP contribution in [-0.2, 0) is 16.0 Å². The molecule has 0 spiro atoms. The van der Waals surface area contributed by atoms with Gasteiger partial charge in [0.2, 0.25) is 5.91 Å². The number of aliphatic hydroxyl groups excluding tert-OH is 1. The number of benzene rings is 1. The predicted octanol–water partition coefficient (Wildman–Crippen LogP) is 1.61. The van der Waals surface area contributed by atoms with E-state index < -0.39 is 29.7 Å². The molecule has 8 nitrogen and oxygen atoms in total. The first-order valence-electron chi connectivity index (χ1n) is 8.30. The first-order valence-corrected chi connectivity index (χ1v) is 9.85. The zero-order valence-electron chi connectivity index (χ0n) is 14.3.